The summed E-state index contributed by atoms with van der Waals surface area (Å²) < 4.78 is 5.41. The van der Waals surface area contributed by atoms with E-state index >= 15 is 0 Å². The number of carbonyl (C=O) groups excluding carboxylic acids is 1. The van der Waals surface area contributed by atoms with Crippen LogP contribution < -0.4 is 5.32 Å². The van der Waals surface area contributed by atoms with Gasteiger partial charge in [-0.2, -0.15) is 12.6 Å². The van der Waals surface area contributed by atoms with Crippen LogP contribution in [0.1, 0.15) is 29.9 Å². The summed E-state index contributed by atoms with van der Waals surface area (Å²) in [5.41, 5.74) is 4.70. The molecule has 6 heteroatoms. The summed E-state index contributed by atoms with van der Waals surface area (Å²) >= 11 is 4.18. The topological polar surface area (TPSA) is 75.6 Å². The van der Waals surface area contributed by atoms with Crippen LogP contribution in [0.3, 0.4) is 0 Å². The van der Waals surface area contributed by atoms with Gasteiger partial charge in [-0.05, 0) is 28.7 Å². The molecule has 2 aromatic rings. The largest absolute Gasteiger partial charge is 0.481 e. The second-order valence-electron chi connectivity index (χ2n) is 6.29. The first-order chi connectivity index (χ1) is 12.6. The maximum atomic E-state index is 12.0. The minimum absolute atomic E-state index is 0.0257. The Balaban J connectivity index is 1.55. The van der Waals surface area contributed by atoms with Gasteiger partial charge in [0.1, 0.15) is 6.61 Å². The van der Waals surface area contributed by atoms with Crippen LogP contribution in [0.25, 0.3) is 11.1 Å². The van der Waals surface area contributed by atoms with Gasteiger partial charge in [-0.3, -0.25) is 4.79 Å². The van der Waals surface area contributed by atoms with Gasteiger partial charge in [0.2, 0.25) is 0 Å². The van der Waals surface area contributed by atoms with E-state index in [1.807, 2.05) is 24.3 Å². The van der Waals surface area contributed by atoms with Crippen LogP contribution in [0.15, 0.2) is 48.5 Å². The van der Waals surface area contributed by atoms with E-state index in [1.54, 1.807) is 0 Å². The van der Waals surface area contributed by atoms with Crippen LogP contribution in [0.5, 0.6) is 0 Å². The number of carbonyl (C=O) groups is 2. The van der Waals surface area contributed by atoms with Crippen LogP contribution in [0.4, 0.5) is 4.79 Å². The van der Waals surface area contributed by atoms with Gasteiger partial charge >= 0.3 is 12.1 Å². The molecule has 1 amide bonds. The summed E-state index contributed by atoms with van der Waals surface area (Å²) in [6.45, 7) is 0.595. The lowest BCUT2D eigenvalue weighted by atomic mass is 9.98. The fraction of sp³-hybridized carbons (Fsp3) is 0.300. The van der Waals surface area contributed by atoms with Gasteiger partial charge in [0.05, 0.1) is 6.42 Å². The number of carboxylic acids is 1. The Bertz CT molecular complexity index is 762. The summed E-state index contributed by atoms with van der Waals surface area (Å²) in [6, 6.07) is 16.3. The number of thiol groups is 1. The summed E-state index contributed by atoms with van der Waals surface area (Å²) in [4.78, 5) is 22.5. The summed E-state index contributed by atoms with van der Waals surface area (Å²) in [5.74, 6) is -0.871. The molecule has 0 saturated carbocycles. The molecule has 0 aliphatic heterocycles. The molecule has 1 aliphatic rings. The van der Waals surface area contributed by atoms with Crippen molar-refractivity contribution in [1.29, 1.82) is 0 Å². The minimum atomic E-state index is -0.897. The van der Waals surface area contributed by atoms with Crippen molar-refractivity contribution in [3.05, 3.63) is 59.7 Å². The smallest absolute Gasteiger partial charge is 0.407 e. The Labute approximate surface area is 157 Å². The normalized spacial score (nSPS) is 13.6. The van der Waals surface area contributed by atoms with Crippen molar-refractivity contribution in [3.63, 3.8) is 0 Å². The third-order valence-corrected chi connectivity index (χ3v) is 4.94. The summed E-state index contributed by atoms with van der Waals surface area (Å²) in [5, 5.41) is 11.1. The Morgan fingerprint density at radius 3 is 2.23 bits per heavy atom. The zero-order valence-corrected chi connectivity index (χ0v) is 15.1. The van der Waals surface area contributed by atoms with Crippen molar-refractivity contribution < 1.29 is 19.4 Å². The second kappa shape index (κ2) is 8.27. The average Bonchev–Trinajstić information content (AvgIpc) is 2.93. The highest BCUT2D eigenvalue weighted by atomic mass is 32.1. The minimum Gasteiger partial charge on any atom is -0.481 e. The zero-order chi connectivity index (χ0) is 18.5. The van der Waals surface area contributed by atoms with E-state index in [0.29, 0.717) is 13.0 Å². The molecule has 0 aromatic heterocycles. The van der Waals surface area contributed by atoms with Crippen LogP contribution >= 0.6 is 12.6 Å². The molecule has 1 unspecified atom stereocenters. The maximum absolute atomic E-state index is 12.0. The number of amides is 1. The van der Waals surface area contributed by atoms with Crippen molar-refractivity contribution in [1.82, 2.24) is 5.32 Å². The molecule has 136 valence electrons. The van der Waals surface area contributed by atoms with Crippen molar-refractivity contribution in [2.24, 2.45) is 0 Å². The molecular formula is C20H21NO4S. The number of rotatable bonds is 7. The fourth-order valence-electron chi connectivity index (χ4n) is 3.29. The molecule has 0 bridgehead atoms. The number of nitrogens with one attached hydrogen (secondary N) is 1. The van der Waals surface area contributed by atoms with E-state index < -0.39 is 12.1 Å². The molecule has 1 atom stereocenters. The molecule has 26 heavy (non-hydrogen) atoms. The quantitative estimate of drug-likeness (QED) is 0.649. The lowest BCUT2D eigenvalue weighted by molar-refractivity contribution is -0.136. The molecule has 1 aliphatic carbocycles. The molecule has 0 radical (unpaired) electrons. The molecule has 2 aromatic carbocycles. The van der Waals surface area contributed by atoms with Crippen LogP contribution in [-0.4, -0.2) is 35.6 Å². The predicted octanol–water partition coefficient (Wildman–Crippen LogP) is 3.69. The monoisotopic (exact) mass is 371 g/mol. The lowest BCUT2D eigenvalue weighted by Gasteiger charge is -2.15. The van der Waals surface area contributed by atoms with Crippen LogP contribution in [0, 0.1) is 0 Å². The first-order valence-electron chi connectivity index (χ1n) is 8.55. The number of alkyl carbamates (subject to hydrolysis) is 1. The van der Waals surface area contributed by atoms with Gasteiger partial charge in [-0.15, -0.1) is 0 Å². The number of aliphatic carboxylic acids is 1. The van der Waals surface area contributed by atoms with E-state index in [0.717, 1.165) is 0 Å². The van der Waals surface area contributed by atoms with Crippen molar-refractivity contribution in [3.8, 4) is 11.1 Å². The summed E-state index contributed by atoms with van der Waals surface area (Å²) in [6.07, 6.45) is -0.0579. The predicted molar refractivity (Wildman–Crippen MR) is 103 cm³/mol. The van der Waals surface area contributed by atoms with E-state index in [9.17, 15) is 9.59 Å². The Kier molecular flexibility index (Phi) is 5.83. The molecule has 0 fully saturated rings. The fourth-order valence-corrected chi connectivity index (χ4v) is 3.58. The van der Waals surface area contributed by atoms with Gasteiger partial charge in [-0.25, -0.2) is 4.79 Å². The standard InChI is InChI=1S/C20H21NO4S/c22-19(23)11-13(26)9-10-21-20(24)25-12-18-16-7-3-1-5-14(16)15-6-2-4-8-17(15)18/h1-8,13,18,26H,9-12H2,(H,21,24)(H,22,23). The van der Waals surface area contributed by atoms with Gasteiger partial charge in [-0.1, -0.05) is 48.5 Å². The second-order valence-corrected chi connectivity index (χ2v) is 7.02. The van der Waals surface area contributed by atoms with Crippen LogP contribution in [-0.2, 0) is 9.53 Å². The molecule has 0 heterocycles. The van der Waals surface area contributed by atoms with Gasteiger partial charge in [0.15, 0.2) is 0 Å². The number of fused-ring (bicyclic) bond motifs is 3. The third kappa shape index (κ3) is 4.19. The van der Waals surface area contributed by atoms with Crippen molar-refractivity contribution in [2.75, 3.05) is 13.2 Å². The third-order valence-electron chi connectivity index (χ3n) is 4.50. The first-order valence-corrected chi connectivity index (χ1v) is 9.06. The SMILES string of the molecule is O=C(O)CC(S)CCNC(=O)OCC1c2ccccc2-c2ccccc21. The lowest BCUT2D eigenvalue weighted by Crippen LogP contribution is -2.28. The summed E-state index contributed by atoms with van der Waals surface area (Å²) in [7, 11) is 0. The van der Waals surface area contributed by atoms with E-state index in [1.165, 1.54) is 22.3 Å². The molecular weight excluding hydrogens is 350 g/mol. The number of ether oxygens (including phenoxy) is 1. The molecule has 0 saturated heterocycles. The average molecular weight is 371 g/mol. The Morgan fingerprint density at radius 1 is 1.08 bits per heavy atom. The maximum Gasteiger partial charge on any atom is 0.407 e. The highest BCUT2D eigenvalue weighted by molar-refractivity contribution is 7.81. The number of carboxylic acid groups (broad SMARTS) is 1. The highest BCUT2D eigenvalue weighted by Gasteiger charge is 2.28. The first kappa shape index (κ1) is 18.3. The van der Waals surface area contributed by atoms with Gasteiger partial charge < -0.3 is 15.2 Å². The number of hydrogen-bond acceptors (Lipinski definition) is 4. The van der Waals surface area contributed by atoms with E-state index in [2.05, 4.69) is 42.2 Å². The Morgan fingerprint density at radius 2 is 1.65 bits per heavy atom. The molecule has 3 rings (SSSR count). The molecule has 2 N–H and O–H groups in total. The number of benzene rings is 2. The highest BCUT2D eigenvalue weighted by Crippen LogP contribution is 2.44. The van der Waals surface area contributed by atoms with E-state index in [4.69, 9.17) is 9.84 Å². The van der Waals surface area contributed by atoms with Gasteiger partial charge in [0, 0.05) is 17.7 Å². The van der Waals surface area contributed by atoms with Crippen LogP contribution in [0.2, 0.25) is 0 Å². The number of hydrogen-bond donors (Lipinski definition) is 3. The van der Waals surface area contributed by atoms with Crippen molar-refractivity contribution >= 4 is 24.7 Å². The van der Waals surface area contributed by atoms with Gasteiger partial charge in [0.25, 0.3) is 0 Å². The molecule has 5 nitrogen and oxygen atoms in total. The van der Waals surface area contributed by atoms with Crippen molar-refractivity contribution in [2.45, 2.75) is 24.0 Å². The Hall–Kier alpha value is -2.47. The zero-order valence-electron chi connectivity index (χ0n) is 14.2. The van der Waals surface area contributed by atoms with E-state index in [-0.39, 0.29) is 24.2 Å². The molecule has 0 spiro atoms.